The monoisotopic (exact) mass is 338 g/mol. The largest absolute Gasteiger partial charge is 0.431 e. The molecule has 0 fully saturated rings. The smallest absolute Gasteiger partial charge is 0.335 e. The summed E-state index contributed by atoms with van der Waals surface area (Å²) in [4.78, 5) is 21.8. The fourth-order valence-corrected chi connectivity index (χ4v) is 2.14. The second-order valence-electron chi connectivity index (χ2n) is 4.69. The van der Waals surface area contributed by atoms with Gasteiger partial charge in [-0.1, -0.05) is 0 Å². The van der Waals surface area contributed by atoms with Gasteiger partial charge < -0.3 is 8.83 Å². The summed E-state index contributed by atoms with van der Waals surface area (Å²) >= 11 is 0. The van der Waals surface area contributed by atoms with Gasteiger partial charge in [0.25, 0.3) is 0 Å². The Hall–Kier alpha value is -3.16. The quantitative estimate of drug-likeness (QED) is 0.530. The number of rotatable bonds is 2. The van der Waals surface area contributed by atoms with Gasteiger partial charge >= 0.3 is 11.3 Å². The fourth-order valence-electron chi connectivity index (χ4n) is 2.14. The van der Waals surface area contributed by atoms with Gasteiger partial charge in [0.15, 0.2) is 23.3 Å². The molecule has 4 nitrogen and oxygen atoms in total. The van der Waals surface area contributed by atoms with E-state index in [0.717, 1.165) is 24.3 Å². The summed E-state index contributed by atoms with van der Waals surface area (Å²) in [7, 11) is 0. The molecule has 2 heterocycles. The van der Waals surface area contributed by atoms with E-state index >= 15 is 0 Å². The molecule has 0 unspecified atom stereocenters. The van der Waals surface area contributed by atoms with Gasteiger partial charge in [-0.2, -0.15) is 0 Å². The van der Waals surface area contributed by atoms with E-state index < -0.39 is 45.6 Å². The van der Waals surface area contributed by atoms with Crippen LogP contribution in [0.1, 0.15) is 0 Å². The zero-order valence-electron chi connectivity index (χ0n) is 11.6. The van der Waals surface area contributed by atoms with Crippen LogP contribution in [0.25, 0.3) is 22.3 Å². The Morgan fingerprint density at radius 3 is 1.17 bits per heavy atom. The average Bonchev–Trinajstić information content (AvgIpc) is 2.57. The third-order valence-electron chi connectivity index (χ3n) is 3.24. The van der Waals surface area contributed by atoms with E-state index in [1.165, 1.54) is 0 Å². The molecule has 3 aromatic rings. The van der Waals surface area contributed by atoms with E-state index in [0.29, 0.717) is 12.5 Å². The van der Waals surface area contributed by atoms with Crippen molar-refractivity contribution < 1.29 is 26.4 Å². The van der Waals surface area contributed by atoms with Crippen molar-refractivity contribution in [1.82, 2.24) is 0 Å². The van der Waals surface area contributed by atoms with Crippen molar-refractivity contribution in [3.8, 4) is 22.3 Å². The SMILES string of the molecule is O=c1ccc(-c2c(F)c(F)c(-c3ccc(=O)oc3)c(F)c2F)co1. The Kier molecular flexibility index (Phi) is 3.80. The lowest BCUT2D eigenvalue weighted by Crippen LogP contribution is -2.05. The zero-order chi connectivity index (χ0) is 17.4. The Morgan fingerprint density at radius 1 is 0.583 bits per heavy atom. The van der Waals surface area contributed by atoms with Crippen molar-refractivity contribution in [3.05, 3.63) is 80.9 Å². The summed E-state index contributed by atoms with van der Waals surface area (Å²) in [5.41, 5.74) is -4.33. The standard InChI is InChI=1S/C16H6F4O4/c17-13-11(7-1-3-9(21)23-5-7)14(18)16(20)12(15(13)19)8-2-4-10(22)24-6-8/h1-6H. The summed E-state index contributed by atoms with van der Waals surface area (Å²) in [6.45, 7) is 0. The van der Waals surface area contributed by atoms with Crippen molar-refractivity contribution in [2.75, 3.05) is 0 Å². The summed E-state index contributed by atoms with van der Waals surface area (Å²) in [6.07, 6.45) is 1.37. The summed E-state index contributed by atoms with van der Waals surface area (Å²) in [5.74, 6) is -6.71. The van der Waals surface area contributed by atoms with Crippen molar-refractivity contribution >= 4 is 0 Å². The minimum absolute atomic E-state index is 0.353. The topological polar surface area (TPSA) is 60.4 Å². The van der Waals surface area contributed by atoms with Gasteiger partial charge in [-0.05, 0) is 12.1 Å². The lowest BCUT2D eigenvalue weighted by Gasteiger charge is -2.11. The van der Waals surface area contributed by atoms with Crippen LogP contribution in [0.3, 0.4) is 0 Å². The predicted molar refractivity (Wildman–Crippen MR) is 74.2 cm³/mol. The van der Waals surface area contributed by atoms with E-state index in [1.807, 2.05) is 0 Å². The highest BCUT2D eigenvalue weighted by atomic mass is 19.2. The first-order valence-corrected chi connectivity index (χ1v) is 6.44. The maximum atomic E-state index is 14.3. The maximum Gasteiger partial charge on any atom is 0.335 e. The van der Waals surface area contributed by atoms with Crippen molar-refractivity contribution in [3.63, 3.8) is 0 Å². The van der Waals surface area contributed by atoms with Crippen LogP contribution in [-0.2, 0) is 0 Å². The van der Waals surface area contributed by atoms with Gasteiger partial charge in [-0.15, -0.1) is 0 Å². The molecule has 0 aliphatic rings. The van der Waals surface area contributed by atoms with Crippen LogP contribution in [0, 0.1) is 23.3 Å². The summed E-state index contributed by atoms with van der Waals surface area (Å²) in [5, 5.41) is 0. The first-order valence-electron chi connectivity index (χ1n) is 6.44. The molecule has 0 radical (unpaired) electrons. The number of halogens is 4. The van der Waals surface area contributed by atoms with Crippen molar-refractivity contribution in [2.45, 2.75) is 0 Å². The molecule has 0 amide bonds. The van der Waals surface area contributed by atoms with Crippen molar-refractivity contribution in [1.29, 1.82) is 0 Å². The van der Waals surface area contributed by atoms with E-state index in [4.69, 9.17) is 0 Å². The minimum Gasteiger partial charge on any atom is -0.431 e. The molecule has 0 aliphatic heterocycles. The maximum absolute atomic E-state index is 14.3. The van der Waals surface area contributed by atoms with Crippen LogP contribution in [0.5, 0.6) is 0 Å². The molecule has 1 aromatic carbocycles. The molecular weight excluding hydrogens is 332 g/mol. The van der Waals surface area contributed by atoms with Crippen LogP contribution < -0.4 is 11.3 Å². The van der Waals surface area contributed by atoms with Crippen molar-refractivity contribution in [2.24, 2.45) is 0 Å². The molecule has 0 spiro atoms. The van der Waals surface area contributed by atoms with E-state index in [-0.39, 0.29) is 11.1 Å². The van der Waals surface area contributed by atoms with Crippen LogP contribution in [0.15, 0.2) is 55.2 Å². The third-order valence-corrected chi connectivity index (χ3v) is 3.24. The van der Waals surface area contributed by atoms with Gasteiger partial charge in [-0.25, -0.2) is 27.2 Å². The summed E-state index contributed by atoms with van der Waals surface area (Å²) in [6, 6.07) is 3.63. The molecular formula is C16H6F4O4. The Balaban J connectivity index is 2.29. The number of hydrogen-bond donors (Lipinski definition) is 0. The van der Waals surface area contributed by atoms with E-state index in [2.05, 4.69) is 8.83 Å². The highest BCUT2D eigenvalue weighted by Crippen LogP contribution is 2.36. The molecule has 3 rings (SSSR count). The predicted octanol–water partition coefficient (Wildman–Crippen LogP) is 3.48. The first-order chi connectivity index (χ1) is 11.4. The molecule has 2 aromatic heterocycles. The summed E-state index contributed by atoms with van der Waals surface area (Å²) < 4.78 is 65.9. The average molecular weight is 338 g/mol. The molecule has 0 atom stereocenters. The first kappa shape index (κ1) is 15.7. The molecule has 8 heteroatoms. The zero-order valence-corrected chi connectivity index (χ0v) is 11.6. The van der Waals surface area contributed by atoms with Crippen LogP contribution >= 0.6 is 0 Å². The number of hydrogen-bond acceptors (Lipinski definition) is 4. The molecule has 24 heavy (non-hydrogen) atoms. The van der Waals surface area contributed by atoms with Crippen LogP contribution in [0.2, 0.25) is 0 Å². The van der Waals surface area contributed by atoms with Crippen LogP contribution in [-0.4, -0.2) is 0 Å². The third kappa shape index (κ3) is 2.51. The second-order valence-corrected chi connectivity index (χ2v) is 4.69. The van der Waals surface area contributed by atoms with Crippen LogP contribution in [0.4, 0.5) is 17.6 Å². The van der Waals surface area contributed by atoms with Gasteiger partial charge in [0, 0.05) is 23.3 Å². The molecule has 0 aliphatic carbocycles. The second kappa shape index (κ2) is 5.80. The molecule has 0 N–H and O–H groups in total. The minimum atomic E-state index is -1.68. The highest BCUT2D eigenvalue weighted by molar-refractivity contribution is 5.72. The molecule has 0 saturated carbocycles. The Morgan fingerprint density at radius 2 is 0.917 bits per heavy atom. The molecule has 122 valence electrons. The Labute approximate surface area is 130 Å². The van der Waals surface area contributed by atoms with Gasteiger partial charge in [0.2, 0.25) is 0 Å². The Bertz CT molecular complexity index is 898. The highest BCUT2D eigenvalue weighted by Gasteiger charge is 2.27. The normalized spacial score (nSPS) is 10.8. The molecule has 0 bridgehead atoms. The molecule has 0 saturated heterocycles. The fraction of sp³-hybridized carbons (Fsp3) is 0. The van der Waals surface area contributed by atoms with Gasteiger partial charge in [0.05, 0.1) is 11.1 Å². The van der Waals surface area contributed by atoms with E-state index in [9.17, 15) is 27.2 Å². The number of benzene rings is 1. The lowest BCUT2D eigenvalue weighted by molar-refractivity contribution is 0.459. The van der Waals surface area contributed by atoms with Gasteiger partial charge in [0.1, 0.15) is 12.5 Å². The van der Waals surface area contributed by atoms with E-state index in [1.54, 1.807) is 0 Å². The lowest BCUT2D eigenvalue weighted by atomic mass is 9.99. The van der Waals surface area contributed by atoms with Gasteiger partial charge in [-0.3, -0.25) is 0 Å².